The summed E-state index contributed by atoms with van der Waals surface area (Å²) in [6.45, 7) is 0.509. The topological polar surface area (TPSA) is 47.6 Å². The van der Waals surface area contributed by atoms with Crippen LogP contribution in [0.1, 0.15) is 6.42 Å². The molecule has 0 aromatic rings. The molecule has 0 saturated carbocycles. The predicted octanol–water partition coefficient (Wildman–Crippen LogP) is 0.635. The molecule has 0 atom stereocenters. The molecule has 0 aromatic carbocycles. The first-order valence-corrected chi connectivity index (χ1v) is 3.67. The van der Waals surface area contributed by atoms with Crippen LogP contribution in [0.15, 0.2) is 0 Å². The van der Waals surface area contributed by atoms with E-state index >= 15 is 0 Å². The van der Waals surface area contributed by atoms with Crippen molar-refractivity contribution in [2.75, 3.05) is 20.8 Å². The van der Waals surface area contributed by atoms with Gasteiger partial charge in [-0.05, 0) is 0 Å². The zero-order valence-corrected chi connectivity index (χ0v) is 7.56. The van der Waals surface area contributed by atoms with Gasteiger partial charge in [0.25, 0.3) is 5.24 Å². The first-order valence-electron chi connectivity index (χ1n) is 3.23. The van der Waals surface area contributed by atoms with Crippen LogP contribution in [0.4, 0.5) is 4.79 Å². The lowest BCUT2D eigenvalue weighted by atomic mass is 10.4. The highest BCUT2D eigenvalue weighted by molar-refractivity contribution is 7.96. The van der Waals surface area contributed by atoms with Crippen molar-refractivity contribution < 1.29 is 14.3 Å². The maximum absolute atomic E-state index is 10.3. The van der Waals surface area contributed by atoms with Crippen molar-refractivity contribution in [2.45, 2.75) is 12.7 Å². The van der Waals surface area contributed by atoms with Crippen LogP contribution in [0, 0.1) is 0 Å². The summed E-state index contributed by atoms with van der Waals surface area (Å²) in [4.78, 5) is 10.3. The molecule has 0 aliphatic heterocycles. The second-order valence-electron chi connectivity index (χ2n) is 1.92. The molecular weight excluding hydrogens is 166 g/mol. The Kier molecular flexibility index (Phi) is 6.30. The summed E-state index contributed by atoms with van der Waals surface area (Å²) in [6, 6.07) is 0. The van der Waals surface area contributed by atoms with Gasteiger partial charge in [-0.25, -0.2) is 0 Å². The number of hydrogen-bond acceptors (Lipinski definition) is 3. The minimum atomic E-state index is -0.337. The fourth-order valence-corrected chi connectivity index (χ4v) is 0.741. The Morgan fingerprint density at radius 3 is 2.45 bits per heavy atom. The molecule has 0 fully saturated rings. The van der Waals surface area contributed by atoms with Gasteiger partial charge in [0.2, 0.25) is 0 Å². The molecule has 1 N–H and O–H groups in total. The lowest BCUT2D eigenvalue weighted by Crippen LogP contribution is -2.24. The first kappa shape index (κ1) is 10.7. The van der Waals surface area contributed by atoms with Crippen molar-refractivity contribution in [2.24, 2.45) is 0 Å². The minimum absolute atomic E-state index is 0.254. The molecule has 0 aliphatic rings. The molecule has 1 amide bonds. The Morgan fingerprint density at radius 2 is 2.09 bits per heavy atom. The van der Waals surface area contributed by atoms with Gasteiger partial charge in [-0.15, -0.1) is 0 Å². The number of carbonyl (C=O) groups excluding carboxylic acids is 1. The fraction of sp³-hybridized carbons (Fsp3) is 0.833. The van der Waals surface area contributed by atoms with Gasteiger partial charge in [0, 0.05) is 27.2 Å². The van der Waals surface area contributed by atoms with Crippen LogP contribution in [0.2, 0.25) is 0 Å². The molecule has 4 nitrogen and oxygen atoms in total. The highest BCUT2D eigenvalue weighted by Crippen LogP contribution is 1.95. The van der Waals surface area contributed by atoms with Crippen molar-refractivity contribution in [1.29, 1.82) is 0 Å². The van der Waals surface area contributed by atoms with Crippen molar-refractivity contribution in [1.82, 2.24) is 5.32 Å². The molecule has 0 aliphatic carbocycles. The second kappa shape index (κ2) is 6.45. The standard InChI is InChI=1S/C6H13NO3S/c1-9-5(10-2)3-4-7-6(8)11/h5H,3-4H2,1-2H3,(H2,7,8,11). The van der Waals surface area contributed by atoms with Crippen LogP contribution in [0.3, 0.4) is 0 Å². The zero-order valence-electron chi connectivity index (χ0n) is 6.66. The SMILES string of the molecule is COC(CCNC(=O)S)OC. The quantitative estimate of drug-likeness (QED) is 0.481. The van der Waals surface area contributed by atoms with E-state index in [9.17, 15) is 4.79 Å². The van der Waals surface area contributed by atoms with Gasteiger partial charge in [-0.1, -0.05) is 12.6 Å². The summed E-state index contributed by atoms with van der Waals surface area (Å²) in [5.41, 5.74) is 0. The number of methoxy groups -OCH3 is 2. The maximum atomic E-state index is 10.3. The highest BCUT2D eigenvalue weighted by Gasteiger charge is 2.03. The molecule has 0 radical (unpaired) electrons. The fourth-order valence-electron chi connectivity index (χ4n) is 0.629. The lowest BCUT2D eigenvalue weighted by molar-refractivity contribution is -0.105. The average Bonchev–Trinajstić information content (AvgIpc) is 1.98. The van der Waals surface area contributed by atoms with E-state index in [1.54, 1.807) is 14.2 Å². The molecule has 0 spiro atoms. The molecule has 0 bridgehead atoms. The van der Waals surface area contributed by atoms with Crippen molar-refractivity contribution in [3.05, 3.63) is 0 Å². The van der Waals surface area contributed by atoms with Gasteiger partial charge < -0.3 is 14.8 Å². The van der Waals surface area contributed by atoms with E-state index in [1.165, 1.54) is 0 Å². The Hall–Kier alpha value is -0.260. The number of carbonyl (C=O) groups is 1. The van der Waals surface area contributed by atoms with E-state index in [2.05, 4.69) is 17.9 Å². The summed E-state index contributed by atoms with van der Waals surface area (Å²) in [7, 11) is 3.10. The van der Waals surface area contributed by atoms with Gasteiger partial charge >= 0.3 is 0 Å². The molecule has 11 heavy (non-hydrogen) atoms. The molecule has 66 valence electrons. The van der Waals surface area contributed by atoms with Crippen molar-refractivity contribution >= 4 is 17.9 Å². The number of amides is 1. The van der Waals surface area contributed by atoms with Crippen LogP contribution in [-0.4, -0.2) is 32.3 Å². The Balaban J connectivity index is 3.28. The zero-order chi connectivity index (χ0) is 8.69. The molecule has 0 unspecified atom stereocenters. The third kappa shape index (κ3) is 6.15. The molecule has 0 aromatic heterocycles. The molecule has 0 rings (SSSR count). The van der Waals surface area contributed by atoms with E-state index < -0.39 is 0 Å². The number of ether oxygens (including phenoxy) is 2. The van der Waals surface area contributed by atoms with Gasteiger partial charge in [0.15, 0.2) is 6.29 Å². The van der Waals surface area contributed by atoms with E-state index in [0.29, 0.717) is 13.0 Å². The molecule has 0 saturated heterocycles. The molecular formula is C6H13NO3S. The van der Waals surface area contributed by atoms with Crippen LogP contribution in [0.25, 0.3) is 0 Å². The second-order valence-corrected chi connectivity index (χ2v) is 2.33. The van der Waals surface area contributed by atoms with Crippen LogP contribution >= 0.6 is 12.6 Å². The van der Waals surface area contributed by atoms with E-state index in [-0.39, 0.29) is 11.5 Å². The maximum Gasteiger partial charge on any atom is 0.275 e. The smallest absolute Gasteiger partial charge is 0.275 e. The number of nitrogens with one attached hydrogen (secondary N) is 1. The van der Waals surface area contributed by atoms with Gasteiger partial charge in [-0.3, -0.25) is 4.79 Å². The van der Waals surface area contributed by atoms with E-state index in [0.717, 1.165) is 0 Å². The first-order chi connectivity index (χ1) is 5.20. The third-order valence-corrected chi connectivity index (χ3v) is 1.34. The normalized spacial score (nSPS) is 10.2. The van der Waals surface area contributed by atoms with Gasteiger partial charge in [0.1, 0.15) is 0 Å². The Labute approximate surface area is 71.7 Å². The molecule has 0 heterocycles. The number of rotatable bonds is 5. The third-order valence-electron chi connectivity index (χ3n) is 1.18. The Bertz CT molecular complexity index is 116. The van der Waals surface area contributed by atoms with Gasteiger partial charge in [-0.2, -0.15) is 0 Å². The summed E-state index contributed by atoms with van der Waals surface area (Å²) < 4.78 is 9.77. The lowest BCUT2D eigenvalue weighted by Gasteiger charge is -2.12. The van der Waals surface area contributed by atoms with Crippen LogP contribution < -0.4 is 5.32 Å². The summed E-state index contributed by atoms with van der Waals surface area (Å²) in [5.74, 6) is 0. The van der Waals surface area contributed by atoms with E-state index in [1.807, 2.05) is 0 Å². The number of hydrogen-bond donors (Lipinski definition) is 2. The summed E-state index contributed by atoms with van der Waals surface area (Å²) in [6.07, 6.45) is 0.370. The van der Waals surface area contributed by atoms with Gasteiger partial charge in [0.05, 0.1) is 0 Å². The predicted molar refractivity (Wildman–Crippen MR) is 44.8 cm³/mol. The largest absolute Gasteiger partial charge is 0.356 e. The molecule has 5 heteroatoms. The van der Waals surface area contributed by atoms with Crippen molar-refractivity contribution in [3.63, 3.8) is 0 Å². The summed E-state index contributed by atoms with van der Waals surface area (Å²) in [5, 5.41) is 2.17. The Morgan fingerprint density at radius 1 is 1.55 bits per heavy atom. The highest BCUT2D eigenvalue weighted by atomic mass is 32.1. The van der Waals surface area contributed by atoms with Crippen LogP contribution in [-0.2, 0) is 9.47 Å². The van der Waals surface area contributed by atoms with E-state index in [4.69, 9.17) is 9.47 Å². The minimum Gasteiger partial charge on any atom is -0.356 e. The van der Waals surface area contributed by atoms with Crippen molar-refractivity contribution in [3.8, 4) is 0 Å². The number of thiol groups is 1. The van der Waals surface area contributed by atoms with Crippen LogP contribution in [0.5, 0.6) is 0 Å². The average molecular weight is 179 g/mol. The monoisotopic (exact) mass is 179 g/mol. The summed E-state index contributed by atoms with van der Waals surface area (Å²) >= 11 is 3.53.